The van der Waals surface area contributed by atoms with Crippen LogP contribution in [-0.2, 0) is 9.59 Å². The average molecular weight is 342 g/mol. The highest BCUT2D eigenvalue weighted by Gasteiger charge is 2.13. The number of hydrogen-bond donors (Lipinski definition) is 2. The molecular weight excluding hydrogens is 316 g/mol. The zero-order valence-corrected chi connectivity index (χ0v) is 14.9. The van der Waals surface area contributed by atoms with Gasteiger partial charge in [-0.15, -0.1) is 0 Å². The Balaban J connectivity index is 3.19. The van der Waals surface area contributed by atoms with E-state index < -0.39 is 11.9 Å². The van der Waals surface area contributed by atoms with Gasteiger partial charge in [-0.25, -0.2) is 9.59 Å². The summed E-state index contributed by atoms with van der Waals surface area (Å²) in [6.07, 6.45) is 9.60. The fourth-order valence-electron chi connectivity index (χ4n) is 2.38. The Hall–Kier alpha value is -2.62. The smallest absolute Gasteiger partial charge is 0.335 e. The van der Waals surface area contributed by atoms with Crippen molar-refractivity contribution in [2.24, 2.45) is 0 Å². The van der Waals surface area contributed by atoms with E-state index in [0.29, 0.717) is 12.0 Å². The molecular formula is C21H26O4. The highest BCUT2D eigenvalue weighted by molar-refractivity contribution is 5.95. The van der Waals surface area contributed by atoms with Gasteiger partial charge in [0, 0.05) is 5.57 Å². The number of carbonyl (C=O) groups is 2. The quantitative estimate of drug-likeness (QED) is 0.353. The van der Waals surface area contributed by atoms with E-state index >= 15 is 0 Å². The van der Waals surface area contributed by atoms with Gasteiger partial charge in [0.2, 0.25) is 0 Å². The summed E-state index contributed by atoms with van der Waals surface area (Å²) in [5, 5.41) is 18.6. The molecule has 0 aliphatic carbocycles. The molecule has 0 spiro atoms. The Morgan fingerprint density at radius 1 is 1.00 bits per heavy atom. The molecule has 1 aromatic rings. The van der Waals surface area contributed by atoms with Crippen LogP contribution >= 0.6 is 0 Å². The van der Waals surface area contributed by atoms with Crippen LogP contribution in [0.4, 0.5) is 0 Å². The van der Waals surface area contributed by atoms with Crippen LogP contribution < -0.4 is 0 Å². The van der Waals surface area contributed by atoms with E-state index in [1.54, 1.807) is 6.08 Å². The SMILES string of the molecule is CCCCCCC(C=Cc1ccccc1)=C(C=C(C)C(=O)O)C(=O)O. The fraction of sp³-hybridized carbons (Fsp3) is 0.333. The lowest BCUT2D eigenvalue weighted by atomic mass is 9.98. The maximum atomic E-state index is 11.7. The number of carboxylic acids is 2. The molecule has 0 atom stereocenters. The molecule has 0 heterocycles. The Morgan fingerprint density at radius 3 is 2.24 bits per heavy atom. The molecule has 0 fully saturated rings. The highest BCUT2D eigenvalue weighted by atomic mass is 16.4. The summed E-state index contributed by atoms with van der Waals surface area (Å²) in [5.41, 5.74) is 1.67. The molecule has 2 N–H and O–H groups in total. The Kier molecular flexibility index (Phi) is 9.01. The lowest BCUT2D eigenvalue weighted by molar-refractivity contribution is -0.132. The number of unbranched alkanes of at least 4 members (excludes halogenated alkanes) is 3. The molecule has 4 nitrogen and oxygen atoms in total. The van der Waals surface area contributed by atoms with Crippen molar-refractivity contribution in [3.63, 3.8) is 0 Å². The number of hydrogen-bond acceptors (Lipinski definition) is 2. The summed E-state index contributed by atoms with van der Waals surface area (Å²) in [6, 6.07) is 9.61. The zero-order valence-electron chi connectivity index (χ0n) is 14.9. The van der Waals surface area contributed by atoms with Gasteiger partial charge < -0.3 is 10.2 Å². The third kappa shape index (κ3) is 7.66. The van der Waals surface area contributed by atoms with Crippen molar-refractivity contribution in [1.29, 1.82) is 0 Å². The van der Waals surface area contributed by atoms with Crippen LogP contribution in [0, 0.1) is 0 Å². The molecule has 0 unspecified atom stereocenters. The van der Waals surface area contributed by atoms with Gasteiger partial charge in [0.15, 0.2) is 0 Å². The molecule has 4 heteroatoms. The van der Waals surface area contributed by atoms with E-state index in [-0.39, 0.29) is 11.1 Å². The Labute approximate surface area is 149 Å². The van der Waals surface area contributed by atoms with Gasteiger partial charge >= 0.3 is 11.9 Å². The van der Waals surface area contributed by atoms with Crippen LogP contribution in [0.5, 0.6) is 0 Å². The number of allylic oxidation sites excluding steroid dienone is 2. The molecule has 134 valence electrons. The summed E-state index contributed by atoms with van der Waals surface area (Å²) in [5.74, 6) is -2.22. The van der Waals surface area contributed by atoms with Crippen molar-refractivity contribution in [3.8, 4) is 0 Å². The average Bonchev–Trinajstić information content (AvgIpc) is 2.59. The lowest BCUT2D eigenvalue weighted by Crippen LogP contribution is -2.05. The van der Waals surface area contributed by atoms with Gasteiger partial charge in [-0.1, -0.05) is 68.7 Å². The molecule has 1 aromatic carbocycles. The topological polar surface area (TPSA) is 74.6 Å². The third-order valence-corrected chi connectivity index (χ3v) is 3.85. The molecule has 0 saturated heterocycles. The first-order valence-electron chi connectivity index (χ1n) is 8.56. The second-order valence-electron chi connectivity index (χ2n) is 5.93. The normalized spacial score (nSPS) is 13.0. The largest absolute Gasteiger partial charge is 0.478 e. The minimum atomic E-state index is -1.11. The Bertz CT molecular complexity index is 666. The minimum Gasteiger partial charge on any atom is -0.478 e. The highest BCUT2D eigenvalue weighted by Crippen LogP contribution is 2.20. The van der Waals surface area contributed by atoms with Gasteiger partial charge in [-0.3, -0.25) is 0 Å². The maximum absolute atomic E-state index is 11.7. The predicted octanol–water partition coefficient (Wildman–Crippen LogP) is 5.08. The molecule has 0 amide bonds. The maximum Gasteiger partial charge on any atom is 0.335 e. The fourth-order valence-corrected chi connectivity index (χ4v) is 2.38. The van der Waals surface area contributed by atoms with E-state index in [1.165, 1.54) is 13.0 Å². The van der Waals surface area contributed by atoms with Crippen molar-refractivity contribution in [2.45, 2.75) is 46.0 Å². The Morgan fingerprint density at radius 2 is 1.68 bits per heavy atom. The van der Waals surface area contributed by atoms with Gasteiger partial charge in [0.25, 0.3) is 0 Å². The van der Waals surface area contributed by atoms with Crippen LogP contribution in [0.1, 0.15) is 51.5 Å². The zero-order chi connectivity index (χ0) is 18.7. The van der Waals surface area contributed by atoms with E-state index in [9.17, 15) is 14.7 Å². The van der Waals surface area contributed by atoms with Crippen LogP contribution in [0.3, 0.4) is 0 Å². The molecule has 0 saturated carbocycles. The molecule has 25 heavy (non-hydrogen) atoms. The van der Waals surface area contributed by atoms with Gasteiger partial charge in [-0.05, 0) is 37.0 Å². The molecule has 0 aliphatic rings. The first-order chi connectivity index (χ1) is 12.0. The van der Waals surface area contributed by atoms with Crippen LogP contribution in [-0.4, -0.2) is 22.2 Å². The first kappa shape index (κ1) is 20.4. The monoisotopic (exact) mass is 342 g/mol. The van der Waals surface area contributed by atoms with Crippen molar-refractivity contribution in [1.82, 2.24) is 0 Å². The number of carboxylic acid groups (broad SMARTS) is 2. The number of benzene rings is 1. The van der Waals surface area contributed by atoms with E-state index in [4.69, 9.17) is 5.11 Å². The molecule has 0 radical (unpaired) electrons. The lowest BCUT2D eigenvalue weighted by Gasteiger charge is -2.07. The van der Waals surface area contributed by atoms with E-state index in [2.05, 4.69) is 6.92 Å². The van der Waals surface area contributed by atoms with Crippen LogP contribution in [0.25, 0.3) is 6.08 Å². The van der Waals surface area contributed by atoms with Gasteiger partial charge in [0.1, 0.15) is 0 Å². The van der Waals surface area contributed by atoms with Crippen molar-refractivity contribution in [3.05, 3.63) is 64.8 Å². The third-order valence-electron chi connectivity index (χ3n) is 3.85. The molecule has 0 bridgehead atoms. The predicted molar refractivity (Wildman–Crippen MR) is 100 cm³/mol. The van der Waals surface area contributed by atoms with Crippen LogP contribution in [0.2, 0.25) is 0 Å². The van der Waals surface area contributed by atoms with Gasteiger partial charge in [-0.2, -0.15) is 0 Å². The summed E-state index contributed by atoms with van der Waals surface area (Å²) < 4.78 is 0. The first-order valence-corrected chi connectivity index (χ1v) is 8.56. The van der Waals surface area contributed by atoms with Crippen LogP contribution in [0.15, 0.2) is 59.2 Å². The summed E-state index contributed by atoms with van der Waals surface area (Å²) in [4.78, 5) is 22.7. The molecule has 0 aliphatic heterocycles. The summed E-state index contributed by atoms with van der Waals surface area (Å²) in [7, 11) is 0. The van der Waals surface area contributed by atoms with Crippen molar-refractivity contribution >= 4 is 18.0 Å². The second-order valence-corrected chi connectivity index (χ2v) is 5.93. The minimum absolute atomic E-state index is 0.0107. The van der Waals surface area contributed by atoms with Crippen molar-refractivity contribution in [2.75, 3.05) is 0 Å². The second kappa shape index (κ2) is 11.0. The summed E-state index contributed by atoms with van der Waals surface area (Å²) in [6.45, 7) is 3.52. The molecule has 1 rings (SSSR count). The number of aliphatic carboxylic acids is 2. The number of rotatable bonds is 10. The summed E-state index contributed by atoms with van der Waals surface area (Å²) >= 11 is 0. The van der Waals surface area contributed by atoms with E-state index in [1.807, 2.05) is 36.4 Å². The standard InChI is InChI=1S/C21H26O4/c1-3-4-5-9-12-18(14-13-17-10-7-6-8-11-17)19(21(24)25)15-16(2)20(22)23/h6-8,10-11,13-15H,3-5,9,12H2,1-2H3,(H,22,23)(H,24,25). The van der Waals surface area contributed by atoms with Gasteiger partial charge in [0.05, 0.1) is 5.57 Å². The van der Waals surface area contributed by atoms with Crippen molar-refractivity contribution < 1.29 is 19.8 Å². The molecule has 0 aromatic heterocycles. The van der Waals surface area contributed by atoms with E-state index in [0.717, 1.165) is 31.2 Å².